The maximum Gasteiger partial charge on any atom is 0.242 e. The van der Waals surface area contributed by atoms with Gasteiger partial charge in [-0.25, -0.2) is 12.7 Å². The number of hydrogen-bond donors (Lipinski definition) is 1. The molecule has 0 aliphatic heterocycles. The summed E-state index contributed by atoms with van der Waals surface area (Å²) in [5.74, 6) is 0.734. The summed E-state index contributed by atoms with van der Waals surface area (Å²) in [4.78, 5) is 6.58. The minimum Gasteiger partial charge on any atom is -0.352 e. The third kappa shape index (κ3) is 5.24. The number of guanidine groups is 1. The molecule has 0 saturated heterocycles. The van der Waals surface area contributed by atoms with Crippen LogP contribution in [0.4, 0.5) is 0 Å². The molecule has 9 heteroatoms. The number of nitrogens with one attached hydrogen (secondary N) is 1. The van der Waals surface area contributed by atoms with Crippen molar-refractivity contribution in [3.05, 3.63) is 52.8 Å². The lowest BCUT2D eigenvalue weighted by molar-refractivity contribution is 0.461. The van der Waals surface area contributed by atoms with Gasteiger partial charge in [0.2, 0.25) is 10.0 Å². The molecule has 1 aromatic heterocycles. The average Bonchev–Trinajstić information content (AvgIpc) is 2.92. The predicted molar refractivity (Wildman–Crippen MR) is 109 cm³/mol. The molecule has 0 fully saturated rings. The Morgan fingerprint density at radius 1 is 1.22 bits per heavy atom. The van der Waals surface area contributed by atoms with Gasteiger partial charge < -0.3 is 14.8 Å². The van der Waals surface area contributed by atoms with E-state index >= 15 is 0 Å². The molecule has 0 saturated carbocycles. The highest BCUT2D eigenvalue weighted by Crippen LogP contribution is 2.15. The molecule has 0 radical (unpaired) electrons. The highest BCUT2D eigenvalue weighted by molar-refractivity contribution is 7.89. The van der Waals surface area contributed by atoms with Crippen molar-refractivity contribution >= 4 is 27.6 Å². The fraction of sp³-hybridized carbons (Fsp3) is 0.389. The zero-order chi connectivity index (χ0) is 20.2. The Hall–Kier alpha value is -2.03. The summed E-state index contributed by atoms with van der Waals surface area (Å²) in [6, 6.07) is 8.76. The van der Waals surface area contributed by atoms with Crippen LogP contribution in [-0.4, -0.2) is 56.3 Å². The van der Waals surface area contributed by atoms with Crippen molar-refractivity contribution in [1.29, 1.82) is 0 Å². The number of aromatic nitrogens is 1. The summed E-state index contributed by atoms with van der Waals surface area (Å²) in [5.41, 5.74) is 2.04. The summed E-state index contributed by atoms with van der Waals surface area (Å²) in [5, 5.41) is 3.99. The Morgan fingerprint density at radius 2 is 1.85 bits per heavy atom. The predicted octanol–water partition coefficient (Wildman–Crippen LogP) is 2.14. The number of halogens is 1. The number of benzene rings is 1. The molecular formula is C18H26ClN5O2S. The van der Waals surface area contributed by atoms with Crippen LogP contribution in [0.5, 0.6) is 0 Å². The summed E-state index contributed by atoms with van der Waals surface area (Å²) in [7, 11) is 5.25. The third-order valence-electron chi connectivity index (χ3n) is 4.20. The van der Waals surface area contributed by atoms with Gasteiger partial charge in [-0.1, -0.05) is 23.7 Å². The van der Waals surface area contributed by atoms with E-state index in [4.69, 9.17) is 11.6 Å². The van der Waals surface area contributed by atoms with E-state index in [1.165, 1.54) is 18.4 Å². The van der Waals surface area contributed by atoms with Crippen molar-refractivity contribution in [3.63, 3.8) is 0 Å². The summed E-state index contributed by atoms with van der Waals surface area (Å²) >= 11 is 6.04. The second-order valence-electron chi connectivity index (χ2n) is 6.45. The largest absolute Gasteiger partial charge is 0.352 e. The van der Waals surface area contributed by atoms with Gasteiger partial charge >= 0.3 is 0 Å². The maximum atomic E-state index is 12.1. The quantitative estimate of drug-likeness (QED) is 0.584. The van der Waals surface area contributed by atoms with Crippen LogP contribution in [0.1, 0.15) is 11.3 Å². The fourth-order valence-electron chi connectivity index (χ4n) is 2.60. The monoisotopic (exact) mass is 411 g/mol. The molecule has 1 heterocycles. The molecule has 0 atom stereocenters. The topological polar surface area (TPSA) is 69.9 Å². The van der Waals surface area contributed by atoms with Gasteiger partial charge in [-0.05, 0) is 23.8 Å². The standard InChI is InChI=1S/C18H26ClN5O2S/c1-20-18(24(5)13-16-10-15(19)12-23(16)4)21-11-14-6-8-17(9-7-14)27(25,26)22(2)3/h6-10,12H,11,13H2,1-5H3,(H,20,21). The molecule has 27 heavy (non-hydrogen) atoms. The Bertz CT molecular complexity index is 904. The van der Waals surface area contributed by atoms with Gasteiger partial charge in [0.15, 0.2) is 5.96 Å². The van der Waals surface area contributed by atoms with E-state index < -0.39 is 10.0 Å². The molecule has 7 nitrogen and oxygen atoms in total. The van der Waals surface area contributed by atoms with Gasteiger partial charge in [-0.2, -0.15) is 0 Å². The molecule has 2 rings (SSSR count). The first-order chi connectivity index (χ1) is 12.6. The van der Waals surface area contributed by atoms with Crippen molar-refractivity contribution in [1.82, 2.24) is 19.1 Å². The molecule has 1 aromatic carbocycles. The minimum atomic E-state index is -3.41. The average molecular weight is 412 g/mol. The van der Waals surface area contributed by atoms with Gasteiger partial charge in [0.25, 0.3) is 0 Å². The maximum absolute atomic E-state index is 12.1. The lowest BCUT2D eigenvalue weighted by Crippen LogP contribution is -2.38. The van der Waals surface area contributed by atoms with Crippen molar-refractivity contribution in [2.24, 2.45) is 12.0 Å². The van der Waals surface area contributed by atoms with E-state index in [9.17, 15) is 8.42 Å². The summed E-state index contributed by atoms with van der Waals surface area (Å²) in [6.07, 6.45) is 1.87. The number of aliphatic imine (C=N–C) groups is 1. The molecule has 0 bridgehead atoms. The highest BCUT2D eigenvalue weighted by atomic mass is 35.5. The Balaban J connectivity index is 2.00. The normalized spacial score (nSPS) is 12.5. The van der Waals surface area contributed by atoms with Crippen LogP contribution in [0.25, 0.3) is 0 Å². The van der Waals surface area contributed by atoms with Crippen LogP contribution in [0, 0.1) is 0 Å². The van der Waals surface area contributed by atoms with E-state index in [2.05, 4.69) is 10.3 Å². The molecule has 0 aliphatic carbocycles. The van der Waals surface area contributed by atoms with Crippen molar-refractivity contribution in [3.8, 4) is 0 Å². The molecule has 0 unspecified atom stereocenters. The Labute approximate surface area is 166 Å². The first kappa shape index (κ1) is 21.3. The minimum absolute atomic E-state index is 0.276. The first-order valence-electron chi connectivity index (χ1n) is 8.39. The van der Waals surface area contributed by atoms with E-state index in [1.54, 1.807) is 31.3 Å². The molecule has 1 N–H and O–H groups in total. The zero-order valence-electron chi connectivity index (χ0n) is 16.3. The lowest BCUT2D eigenvalue weighted by atomic mass is 10.2. The van der Waals surface area contributed by atoms with Crippen molar-refractivity contribution in [2.45, 2.75) is 18.0 Å². The van der Waals surface area contributed by atoms with Gasteiger partial charge in [-0.15, -0.1) is 0 Å². The number of aryl methyl sites for hydroxylation is 1. The van der Waals surface area contributed by atoms with Crippen LogP contribution in [0.2, 0.25) is 5.02 Å². The van der Waals surface area contributed by atoms with Crippen LogP contribution >= 0.6 is 11.6 Å². The smallest absolute Gasteiger partial charge is 0.242 e. The van der Waals surface area contributed by atoms with Crippen LogP contribution in [0.15, 0.2) is 46.4 Å². The number of nitrogens with zero attached hydrogens (tertiary/aromatic N) is 4. The number of rotatable bonds is 6. The van der Waals surface area contributed by atoms with Crippen molar-refractivity contribution in [2.75, 3.05) is 28.2 Å². The SMILES string of the molecule is CN=C(NCc1ccc(S(=O)(=O)N(C)C)cc1)N(C)Cc1cc(Cl)cn1C. The zero-order valence-corrected chi connectivity index (χ0v) is 17.8. The lowest BCUT2D eigenvalue weighted by Gasteiger charge is -2.22. The van der Waals surface area contributed by atoms with Crippen LogP contribution < -0.4 is 5.32 Å². The van der Waals surface area contributed by atoms with Crippen LogP contribution in [-0.2, 0) is 30.2 Å². The Morgan fingerprint density at radius 3 is 2.33 bits per heavy atom. The van der Waals surface area contributed by atoms with Crippen LogP contribution in [0.3, 0.4) is 0 Å². The molecule has 0 aliphatic rings. The molecule has 0 amide bonds. The molecule has 148 valence electrons. The third-order valence-corrected chi connectivity index (χ3v) is 6.24. The van der Waals surface area contributed by atoms with Gasteiger partial charge in [-0.3, -0.25) is 4.99 Å². The van der Waals surface area contributed by atoms with Crippen molar-refractivity contribution < 1.29 is 8.42 Å². The highest BCUT2D eigenvalue weighted by Gasteiger charge is 2.16. The summed E-state index contributed by atoms with van der Waals surface area (Å²) in [6.45, 7) is 1.19. The first-order valence-corrected chi connectivity index (χ1v) is 10.2. The number of sulfonamides is 1. The Kier molecular flexibility index (Phi) is 6.91. The van der Waals surface area contributed by atoms with Gasteiger partial charge in [0.05, 0.1) is 16.5 Å². The molecule has 2 aromatic rings. The van der Waals surface area contributed by atoms with E-state index in [0.29, 0.717) is 18.1 Å². The second-order valence-corrected chi connectivity index (χ2v) is 9.04. The van der Waals surface area contributed by atoms with E-state index in [1.807, 2.05) is 35.8 Å². The second kappa shape index (κ2) is 8.77. The van der Waals surface area contributed by atoms with Gasteiger partial charge in [0.1, 0.15) is 0 Å². The van der Waals surface area contributed by atoms with E-state index in [0.717, 1.165) is 17.2 Å². The van der Waals surface area contributed by atoms with E-state index in [-0.39, 0.29) is 4.90 Å². The fourth-order valence-corrected chi connectivity index (χ4v) is 3.77. The molecule has 0 spiro atoms. The van der Waals surface area contributed by atoms with Gasteiger partial charge in [0, 0.05) is 53.7 Å². The number of hydrogen-bond acceptors (Lipinski definition) is 3. The summed E-state index contributed by atoms with van der Waals surface area (Å²) < 4.78 is 27.4. The molecular weight excluding hydrogens is 386 g/mol.